The van der Waals surface area contributed by atoms with E-state index in [2.05, 4.69) is 15.3 Å². The highest BCUT2D eigenvalue weighted by Crippen LogP contribution is 2.20. The number of benzene rings is 1. The Labute approximate surface area is 127 Å². The van der Waals surface area contributed by atoms with Gasteiger partial charge in [-0.1, -0.05) is 11.8 Å². The number of thioether (sulfide) groups is 1. The summed E-state index contributed by atoms with van der Waals surface area (Å²) >= 11 is 1.25. The minimum Gasteiger partial charge on any atom is -0.494 e. The first kappa shape index (κ1) is 15.1. The molecule has 1 aromatic carbocycles. The fourth-order valence-electron chi connectivity index (χ4n) is 1.58. The van der Waals surface area contributed by atoms with Crippen LogP contribution in [0, 0.1) is 0 Å². The number of anilines is 2. The molecular weight excluding hydrogens is 288 g/mol. The number of hydrogen-bond acceptors (Lipinski definition) is 6. The molecule has 0 aliphatic heterocycles. The summed E-state index contributed by atoms with van der Waals surface area (Å²) < 4.78 is 5.34. The van der Waals surface area contributed by atoms with Gasteiger partial charge in [0.2, 0.25) is 5.91 Å². The molecule has 0 radical (unpaired) electrons. The van der Waals surface area contributed by atoms with Gasteiger partial charge >= 0.3 is 0 Å². The lowest BCUT2D eigenvalue weighted by Gasteiger charge is -2.07. The molecule has 0 fully saturated rings. The van der Waals surface area contributed by atoms with Gasteiger partial charge in [0.25, 0.3) is 0 Å². The van der Waals surface area contributed by atoms with Crippen molar-refractivity contribution in [2.75, 3.05) is 23.4 Å². The molecule has 2 rings (SSSR count). The van der Waals surface area contributed by atoms with Gasteiger partial charge in [-0.3, -0.25) is 4.79 Å². The summed E-state index contributed by atoms with van der Waals surface area (Å²) in [5.41, 5.74) is 6.38. The summed E-state index contributed by atoms with van der Waals surface area (Å²) in [5, 5.41) is 3.35. The average Bonchev–Trinajstić information content (AvgIpc) is 2.49. The van der Waals surface area contributed by atoms with Crippen molar-refractivity contribution in [2.24, 2.45) is 0 Å². The van der Waals surface area contributed by atoms with Gasteiger partial charge in [0.05, 0.1) is 12.4 Å². The van der Waals surface area contributed by atoms with Gasteiger partial charge < -0.3 is 15.8 Å². The summed E-state index contributed by atoms with van der Waals surface area (Å²) in [6.45, 7) is 2.53. The summed E-state index contributed by atoms with van der Waals surface area (Å²) in [4.78, 5) is 19.8. The van der Waals surface area contributed by atoms with Crippen LogP contribution in [0.2, 0.25) is 0 Å². The number of carbonyl (C=O) groups excluding carboxylic acids is 1. The van der Waals surface area contributed by atoms with Crippen LogP contribution in [0.4, 0.5) is 11.5 Å². The van der Waals surface area contributed by atoms with Crippen LogP contribution in [0.5, 0.6) is 5.75 Å². The van der Waals surface area contributed by atoms with Crippen molar-refractivity contribution in [3.05, 3.63) is 36.7 Å². The minimum absolute atomic E-state index is 0.130. The van der Waals surface area contributed by atoms with E-state index in [0.717, 1.165) is 11.4 Å². The molecule has 1 heterocycles. The van der Waals surface area contributed by atoms with Crippen molar-refractivity contribution >= 4 is 29.2 Å². The van der Waals surface area contributed by atoms with E-state index in [1.807, 2.05) is 19.1 Å². The monoisotopic (exact) mass is 304 g/mol. The number of nitrogens with zero attached hydrogens (tertiary/aromatic N) is 2. The van der Waals surface area contributed by atoms with Crippen LogP contribution in [0.15, 0.2) is 41.7 Å². The highest BCUT2D eigenvalue weighted by atomic mass is 32.2. The number of nitrogens with one attached hydrogen (secondary N) is 1. The SMILES string of the molecule is CCOc1ccc(NC(=O)CSc2nccnc2N)cc1. The van der Waals surface area contributed by atoms with E-state index in [9.17, 15) is 4.79 Å². The lowest BCUT2D eigenvalue weighted by molar-refractivity contribution is -0.113. The molecule has 0 aliphatic carbocycles. The summed E-state index contributed by atoms with van der Waals surface area (Å²) in [6.07, 6.45) is 3.06. The number of ether oxygens (including phenoxy) is 1. The van der Waals surface area contributed by atoms with Gasteiger partial charge in [-0.05, 0) is 31.2 Å². The van der Waals surface area contributed by atoms with E-state index in [4.69, 9.17) is 10.5 Å². The third kappa shape index (κ3) is 4.64. The predicted molar refractivity (Wildman–Crippen MR) is 83.4 cm³/mol. The number of aromatic nitrogens is 2. The van der Waals surface area contributed by atoms with Crippen molar-refractivity contribution in [3.8, 4) is 5.75 Å². The molecule has 0 unspecified atom stereocenters. The molecule has 7 heteroatoms. The summed E-state index contributed by atoms with van der Waals surface area (Å²) in [7, 11) is 0. The van der Waals surface area contributed by atoms with E-state index in [-0.39, 0.29) is 11.7 Å². The largest absolute Gasteiger partial charge is 0.494 e. The third-order valence-electron chi connectivity index (χ3n) is 2.48. The Hall–Kier alpha value is -2.28. The van der Waals surface area contributed by atoms with Gasteiger partial charge in [-0.15, -0.1) is 0 Å². The number of carbonyl (C=O) groups is 1. The average molecular weight is 304 g/mol. The Morgan fingerprint density at radius 3 is 2.67 bits per heavy atom. The van der Waals surface area contributed by atoms with Crippen LogP contribution in [0.1, 0.15) is 6.92 Å². The highest BCUT2D eigenvalue weighted by molar-refractivity contribution is 8.00. The minimum atomic E-state index is -0.130. The Kier molecular flexibility index (Phi) is 5.39. The Bertz CT molecular complexity index is 604. The van der Waals surface area contributed by atoms with E-state index in [1.165, 1.54) is 18.0 Å². The molecule has 0 aliphatic rings. The predicted octanol–water partition coefficient (Wildman–Crippen LogP) is 2.19. The third-order valence-corrected chi connectivity index (χ3v) is 3.47. The van der Waals surface area contributed by atoms with E-state index in [0.29, 0.717) is 17.5 Å². The number of nitrogen functional groups attached to an aromatic ring is 1. The Balaban J connectivity index is 1.85. The van der Waals surface area contributed by atoms with Crippen LogP contribution in [-0.4, -0.2) is 28.2 Å². The van der Waals surface area contributed by atoms with Crippen molar-refractivity contribution in [3.63, 3.8) is 0 Å². The number of amides is 1. The second-order valence-corrected chi connectivity index (χ2v) is 5.01. The van der Waals surface area contributed by atoms with Crippen molar-refractivity contribution in [1.29, 1.82) is 0 Å². The molecule has 0 saturated carbocycles. The molecule has 6 nitrogen and oxygen atoms in total. The quantitative estimate of drug-likeness (QED) is 0.795. The first-order chi connectivity index (χ1) is 10.2. The van der Waals surface area contributed by atoms with Gasteiger partial charge in [-0.2, -0.15) is 0 Å². The van der Waals surface area contributed by atoms with Crippen LogP contribution in [-0.2, 0) is 4.79 Å². The maximum absolute atomic E-state index is 11.9. The fraction of sp³-hybridized carbons (Fsp3) is 0.214. The van der Waals surface area contributed by atoms with E-state index < -0.39 is 0 Å². The maximum Gasteiger partial charge on any atom is 0.234 e. The first-order valence-corrected chi connectivity index (χ1v) is 7.39. The Morgan fingerprint density at radius 1 is 1.29 bits per heavy atom. The zero-order chi connectivity index (χ0) is 15.1. The topological polar surface area (TPSA) is 90.1 Å². The van der Waals surface area contributed by atoms with Gasteiger partial charge in [0.1, 0.15) is 10.8 Å². The molecule has 0 spiro atoms. The molecule has 2 aromatic rings. The molecule has 110 valence electrons. The molecule has 0 bridgehead atoms. The first-order valence-electron chi connectivity index (χ1n) is 6.41. The van der Waals surface area contributed by atoms with Crippen molar-refractivity contribution < 1.29 is 9.53 Å². The van der Waals surface area contributed by atoms with E-state index in [1.54, 1.807) is 18.3 Å². The highest BCUT2D eigenvalue weighted by Gasteiger charge is 2.07. The second kappa shape index (κ2) is 7.49. The standard InChI is InChI=1S/C14H16N4O2S/c1-2-20-11-5-3-10(4-6-11)18-12(19)9-21-14-13(15)16-7-8-17-14/h3-8H,2,9H2,1H3,(H2,15,16)(H,18,19). The zero-order valence-electron chi connectivity index (χ0n) is 11.6. The lowest BCUT2D eigenvalue weighted by atomic mass is 10.3. The molecule has 0 saturated heterocycles. The van der Waals surface area contributed by atoms with Crippen LogP contribution in [0.3, 0.4) is 0 Å². The molecule has 3 N–H and O–H groups in total. The van der Waals surface area contributed by atoms with E-state index >= 15 is 0 Å². The van der Waals surface area contributed by atoms with Crippen LogP contribution >= 0.6 is 11.8 Å². The molecule has 0 atom stereocenters. The summed E-state index contributed by atoms with van der Waals surface area (Å²) in [6, 6.07) is 7.22. The molecular formula is C14H16N4O2S. The van der Waals surface area contributed by atoms with Gasteiger partial charge in [0.15, 0.2) is 5.82 Å². The summed E-state index contributed by atoms with van der Waals surface area (Å²) in [5.74, 6) is 1.19. The normalized spacial score (nSPS) is 10.1. The maximum atomic E-state index is 11.9. The van der Waals surface area contributed by atoms with Crippen LogP contribution < -0.4 is 15.8 Å². The molecule has 1 amide bonds. The zero-order valence-corrected chi connectivity index (χ0v) is 12.4. The molecule has 21 heavy (non-hydrogen) atoms. The molecule has 1 aromatic heterocycles. The number of rotatable bonds is 6. The fourth-order valence-corrected chi connectivity index (χ4v) is 2.26. The number of hydrogen-bond donors (Lipinski definition) is 2. The lowest BCUT2D eigenvalue weighted by Crippen LogP contribution is -2.14. The van der Waals surface area contributed by atoms with Crippen molar-refractivity contribution in [1.82, 2.24) is 9.97 Å². The number of nitrogens with two attached hydrogens (primary N) is 1. The van der Waals surface area contributed by atoms with Crippen LogP contribution in [0.25, 0.3) is 0 Å². The van der Waals surface area contributed by atoms with Gasteiger partial charge in [0, 0.05) is 18.1 Å². The van der Waals surface area contributed by atoms with Gasteiger partial charge in [-0.25, -0.2) is 9.97 Å². The Morgan fingerprint density at radius 2 is 2.00 bits per heavy atom. The smallest absolute Gasteiger partial charge is 0.234 e. The van der Waals surface area contributed by atoms with Crippen molar-refractivity contribution in [2.45, 2.75) is 11.9 Å². The second-order valence-electron chi connectivity index (χ2n) is 4.04.